The van der Waals surface area contributed by atoms with Crippen molar-refractivity contribution in [2.75, 3.05) is 5.32 Å². The number of nitrogens with zero attached hydrogens (tertiary/aromatic N) is 6. The van der Waals surface area contributed by atoms with Gasteiger partial charge >= 0.3 is 0 Å². The molecule has 1 fully saturated rings. The summed E-state index contributed by atoms with van der Waals surface area (Å²) in [5.41, 5.74) is 1.95. The lowest BCUT2D eigenvalue weighted by Crippen LogP contribution is -2.52. The normalized spacial score (nSPS) is 19.5. The second kappa shape index (κ2) is 8.70. The summed E-state index contributed by atoms with van der Waals surface area (Å²) in [6.45, 7) is 1.11. The molecule has 0 spiro atoms. The second-order valence-corrected chi connectivity index (χ2v) is 9.27. The van der Waals surface area contributed by atoms with Crippen molar-refractivity contribution in [1.82, 2.24) is 34.8 Å². The molecule has 1 atom stereocenters. The highest BCUT2D eigenvalue weighted by Crippen LogP contribution is 2.29. The first-order chi connectivity index (χ1) is 17.5. The highest BCUT2D eigenvalue weighted by molar-refractivity contribution is 6.05. The van der Waals surface area contributed by atoms with E-state index >= 15 is 0 Å². The average molecular weight is 489 g/mol. The zero-order valence-electron chi connectivity index (χ0n) is 19.4. The van der Waals surface area contributed by atoms with Crippen molar-refractivity contribution in [1.29, 1.82) is 0 Å². The summed E-state index contributed by atoms with van der Waals surface area (Å²) in [5.74, 6) is 0.172. The van der Waals surface area contributed by atoms with Gasteiger partial charge < -0.3 is 14.8 Å². The van der Waals surface area contributed by atoms with E-state index in [-0.39, 0.29) is 23.9 Å². The fraction of sp³-hybridized carbons (Fsp3) is 0.375. The van der Waals surface area contributed by atoms with Crippen molar-refractivity contribution in [2.45, 2.75) is 57.7 Å². The Morgan fingerprint density at radius 1 is 1.11 bits per heavy atom. The van der Waals surface area contributed by atoms with Gasteiger partial charge in [-0.25, -0.2) is 9.67 Å². The molecule has 2 N–H and O–H groups in total. The number of aromatic nitrogens is 5. The minimum atomic E-state index is -0.675. The number of fused-ring (bicyclic) bond motifs is 2. The van der Waals surface area contributed by atoms with Gasteiger partial charge in [0.25, 0.3) is 11.8 Å². The third-order valence-corrected chi connectivity index (χ3v) is 6.96. The number of carbonyl (C=O) groups is 4. The van der Waals surface area contributed by atoms with Crippen LogP contribution in [0.25, 0.3) is 5.69 Å². The van der Waals surface area contributed by atoms with E-state index in [2.05, 4.69) is 25.9 Å². The van der Waals surface area contributed by atoms with E-state index < -0.39 is 17.9 Å². The molecule has 1 aromatic carbocycles. The summed E-state index contributed by atoms with van der Waals surface area (Å²) >= 11 is 0. The number of imidazole rings is 1. The Balaban J connectivity index is 1.19. The maximum atomic E-state index is 13.1. The highest BCUT2D eigenvalue weighted by atomic mass is 16.2. The van der Waals surface area contributed by atoms with Gasteiger partial charge in [-0.1, -0.05) is 17.7 Å². The molecule has 3 aromatic rings. The van der Waals surface area contributed by atoms with E-state index in [1.165, 1.54) is 15.8 Å². The van der Waals surface area contributed by atoms with Crippen LogP contribution < -0.4 is 10.6 Å². The number of nitrogens with one attached hydrogen (secondary N) is 2. The lowest BCUT2D eigenvalue weighted by Gasteiger charge is -2.29. The molecular formula is C24H24N8O4. The third kappa shape index (κ3) is 3.84. The van der Waals surface area contributed by atoms with Gasteiger partial charge in [0.1, 0.15) is 17.7 Å². The molecule has 4 amide bonds. The zero-order chi connectivity index (χ0) is 24.8. The molecule has 3 aliphatic heterocycles. The van der Waals surface area contributed by atoms with Crippen LogP contribution in [0, 0.1) is 0 Å². The first-order valence-electron chi connectivity index (χ1n) is 12.0. The van der Waals surface area contributed by atoms with Gasteiger partial charge in [0.05, 0.1) is 18.1 Å². The van der Waals surface area contributed by atoms with E-state index in [1.807, 2.05) is 4.57 Å². The van der Waals surface area contributed by atoms with E-state index in [9.17, 15) is 19.2 Å². The van der Waals surface area contributed by atoms with Crippen molar-refractivity contribution in [3.63, 3.8) is 0 Å². The lowest BCUT2D eigenvalue weighted by atomic mass is 10.0. The Bertz CT molecular complexity index is 1410. The standard InChI is InChI=1S/C24H24N8O4/c33-21-8-7-18(23(35)27-21)31-12-14-5-6-15(10-16(14)24(31)36)32-13-17(28-29-32)22(34)26-20-11-25-19-4-2-1-3-9-30(19)20/h5-6,10-11,13,18H,1-4,7-9,12H2,(H,26,34)(H,27,33,35). The van der Waals surface area contributed by atoms with Crippen LogP contribution in [-0.4, -0.2) is 59.1 Å². The molecule has 184 valence electrons. The fourth-order valence-electron chi connectivity index (χ4n) is 5.05. The van der Waals surface area contributed by atoms with Crippen molar-refractivity contribution in [3.8, 4) is 5.69 Å². The number of rotatable bonds is 4. The third-order valence-electron chi connectivity index (χ3n) is 6.96. The van der Waals surface area contributed by atoms with Crippen molar-refractivity contribution < 1.29 is 19.2 Å². The molecule has 0 bridgehead atoms. The van der Waals surface area contributed by atoms with Crippen LogP contribution in [0.3, 0.4) is 0 Å². The minimum Gasteiger partial charge on any atom is -0.322 e. The van der Waals surface area contributed by atoms with Crippen LogP contribution in [0.2, 0.25) is 0 Å². The van der Waals surface area contributed by atoms with Crippen molar-refractivity contribution in [3.05, 3.63) is 53.2 Å². The monoisotopic (exact) mass is 488 g/mol. The highest BCUT2D eigenvalue weighted by Gasteiger charge is 2.39. The number of anilines is 1. The average Bonchev–Trinajstić information content (AvgIpc) is 3.53. The first-order valence-corrected chi connectivity index (χ1v) is 12.0. The predicted molar refractivity (Wildman–Crippen MR) is 125 cm³/mol. The van der Waals surface area contributed by atoms with Crippen LogP contribution in [0.5, 0.6) is 0 Å². The summed E-state index contributed by atoms with van der Waals surface area (Å²) in [6, 6.07) is 4.59. The molecule has 5 heterocycles. The molecule has 0 saturated carbocycles. The topological polar surface area (TPSA) is 144 Å². The molecule has 2 aromatic heterocycles. The van der Waals surface area contributed by atoms with Gasteiger partial charge in [-0.15, -0.1) is 5.10 Å². The lowest BCUT2D eigenvalue weighted by molar-refractivity contribution is -0.136. The van der Waals surface area contributed by atoms with Crippen LogP contribution in [-0.2, 0) is 29.1 Å². The predicted octanol–water partition coefficient (Wildman–Crippen LogP) is 1.20. The van der Waals surface area contributed by atoms with Gasteiger partial charge in [-0.2, -0.15) is 0 Å². The van der Waals surface area contributed by atoms with E-state index in [1.54, 1.807) is 24.4 Å². The molecular weight excluding hydrogens is 464 g/mol. The molecule has 0 aliphatic carbocycles. The Kier molecular flexibility index (Phi) is 5.35. The maximum Gasteiger partial charge on any atom is 0.279 e. The van der Waals surface area contributed by atoms with Crippen molar-refractivity contribution in [2.24, 2.45) is 0 Å². The molecule has 1 saturated heterocycles. The maximum absolute atomic E-state index is 13.1. The Morgan fingerprint density at radius 2 is 2.00 bits per heavy atom. The number of benzene rings is 1. The molecule has 6 rings (SSSR count). The zero-order valence-corrected chi connectivity index (χ0v) is 19.4. The SMILES string of the molecule is O=C1CCC(N2Cc3ccc(-n4cc(C(=O)Nc5cnc6n5CCCCC6)nn4)cc3C2=O)C(=O)N1. The minimum absolute atomic E-state index is 0.135. The summed E-state index contributed by atoms with van der Waals surface area (Å²) in [5, 5.41) is 13.3. The quantitative estimate of drug-likeness (QED) is 0.525. The molecule has 12 nitrogen and oxygen atoms in total. The second-order valence-electron chi connectivity index (χ2n) is 9.27. The van der Waals surface area contributed by atoms with Gasteiger partial charge in [-0.05, 0) is 37.0 Å². The van der Waals surface area contributed by atoms with E-state index in [0.717, 1.165) is 43.6 Å². The number of carbonyl (C=O) groups excluding carboxylic acids is 4. The summed E-state index contributed by atoms with van der Waals surface area (Å²) in [4.78, 5) is 55.6. The van der Waals surface area contributed by atoms with E-state index in [0.29, 0.717) is 30.0 Å². The number of piperidine rings is 1. The van der Waals surface area contributed by atoms with Gasteiger partial charge in [-0.3, -0.25) is 24.5 Å². The van der Waals surface area contributed by atoms with Crippen LogP contribution in [0.15, 0.2) is 30.6 Å². The summed E-state index contributed by atoms with van der Waals surface area (Å²) in [7, 11) is 0. The Morgan fingerprint density at radius 3 is 2.86 bits per heavy atom. The molecule has 1 unspecified atom stereocenters. The number of hydrogen-bond acceptors (Lipinski definition) is 7. The van der Waals surface area contributed by atoms with Crippen LogP contribution in [0.4, 0.5) is 5.82 Å². The molecule has 3 aliphatic rings. The number of hydrogen-bond donors (Lipinski definition) is 2. The van der Waals surface area contributed by atoms with Gasteiger partial charge in [0.2, 0.25) is 11.8 Å². The van der Waals surface area contributed by atoms with Crippen LogP contribution >= 0.6 is 0 Å². The summed E-state index contributed by atoms with van der Waals surface area (Å²) in [6.07, 6.45) is 7.85. The van der Waals surface area contributed by atoms with E-state index in [4.69, 9.17) is 0 Å². The smallest absolute Gasteiger partial charge is 0.279 e. The van der Waals surface area contributed by atoms with Gasteiger partial charge in [0, 0.05) is 31.5 Å². The largest absolute Gasteiger partial charge is 0.322 e. The fourth-order valence-corrected chi connectivity index (χ4v) is 5.05. The molecule has 12 heteroatoms. The Labute approximate surface area is 205 Å². The number of aryl methyl sites for hydroxylation is 1. The Hall–Kier alpha value is -4.35. The number of amides is 4. The van der Waals surface area contributed by atoms with Gasteiger partial charge in [0.15, 0.2) is 5.69 Å². The van der Waals surface area contributed by atoms with Crippen molar-refractivity contribution >= 4 is 29.4 Å². The van der Waals surface area contributed by atoms with Crippen LogP contribution in [0.1, 0.15) is 64.3 Å². The summed E-state index contributed by atoms with van der Waals surface area (Å²) < 4.78 is 3.48. The first kappa shape index (κ1) is 22.1. The molecule has 0 radical (unpaired) electrons. The molecule has 36 heavy (non-hydrogen) atoms. The number of imide groups is 1.